The third kappa shape index (κ3) is 4.84. The van der Waals surface area contributed by atoms with Gasteiger partial charge in [-0.2, -0.15) is 0 Å². The van der Waals surface area contributed by atoms with Gasteiger partial charge in [-0.3, -0.25) is 0 Å². The molecular weight excluding hydrogens is 396 g/mol. The molecule has 1 saturated heterocycles. The zero-order valence-corrected chi connectivity index (χ0v) is 20.0. The maximum Gasteiger partial charge on any atom is 0.125 e. The Morgan fingerprint density at radius 1 is 0.774 bits per heavy atom. The second-order valence-electron chi connectivity index (χ2n) is 9.71. The standard InChI is InChI=1S/C28H34O2Si/c1-28(2,3)31(26-15-9-5-10-16-26,27-17-11-6-12-18-27)22-25-19-24(30-25)21-29-20-23-13-7-4-8-14-23/h4-18,24-25H,19-22H2,1-3H3/t24-,25-/m1/s1. The van der Waals surface area contributed by atoms with Gasteiger partial charge in [0.1, 0.15) is 8.07 Å². The zero-order valence-electron chi connectivity index (χ0n) is 19.0. The number of hydrogen-bond donors (Lipinski definition) is 0. The predicted octanol–water partition coefficient (Wildman–Crippen LogP) is 5.42. The van der Waals surface area contributed by atoms with Crippen LogP contribution >= 0.6 is 0 Å². The van der Waals surface area contributed by atoms with E-state index in [0.717, 1.165) is 12.5 Å². The first kappa shape index (κ1) is 22.0. The van der Waals surface area contributed by atoms with E-state index in [9.17, 15) is 0 Å². The molecule has 1 aliphatic rings. The Morgan fingerprint density at radius 2 is 1.26 bits per heavy atom. The second-order valence-corrected chi connectivity index (χ2v) is 14.6. The lowest BCUT2D eigenvalue weighted by molar-refractivity contribution is -0.145. The normalized spacial score (nSPS) is 19.1. The summed E-state index contributed by atoms with van der Waals surface area (Å²) in [4.78, 5) is 0. The van der Waals surface area contributed by atoms with Crippen molar-refractivity contribution in [2.75, 3.05) is 6.61 Å². The number of benzene rings is 3. The van der Waals surface area contributed by atoms with Gasteiger partial charge in [-0.25, -0.2) is 0 Å². The SMILES string of the molecule is CC(C)(C)[Si](C[C@H]1C[C@H](COCc2ccccc2)O1)(c1ccccc1)c1ccccc1. The van der Waals surface area contributed by atoms with Gasteiger partial charge in [0.2, 0.25) is 0 Å². The van der Waals surface area contributed by atoms with Gasteiger partial charge in [0, 0.05) is 6.42 Å². The average Bonchev–Trinajstić information content (AvgIpc) is 2.76. The molecule has 3 aromatic rings. The Labute approximate surface area is 188 Å². The minimum Gasteiger partial charge on any atom is -0.374 e. The summed E-state index contributed by atoms with van der Waals surface area (Å²) in [5, 5.41) is 3.18. The molecule has 0 aromatic heterocycles. The smallest absolute Gasteiger partial charge is 0.125 e. The van der Waals surface area contributed by atoms with Crippen molar-refractivity contribution in [3.05, 3.63) is 96.6 Å². The molecule has 0 unspecified atom stereocenters. The van der Waals surface area contributed by atoms with E-state index >= 15 is 0 Å². The molecular formula is C28H34O2Si. The van der Waals surface area contributed by atoms with Gasteiger partial charge in [-0.05, 0) is 16.6 Å². The molecule has 162 valence electrons. The lowest BCUT2D eigenvalue weighted by atomic mass is 10.1. The predicted molar refractivity (Wildman–Crippen MR) is 132 cm³/mol. The average molecular weight is 431 g/mol. The molecule has 0 spiro atoms. The van der Waals surface area contributed by atoms with E-state index in [1.165, 1.54) is 15.9 Å². The largest absolute Gasteiger partial charge is 0.374 e. The fraction of sp³-hybridized carbons (Fsp3) is 0.357. The van der Waals surface area contributed by atoms with Gasteiger partial charge >= 0.3 is 0 Å². The van der Waals surface area contributed by atoms with E-state index in [1.54, 1.807) is 0 Å². The van der Waals surface area contributed by atoms with Crippen molar-refractivity contribution in [2.24, 2.45) is 0 Å². The summed E-state index contributed by atoms with van der Waals surface area (Å²) >= 11 is 0. The fourth-order valence-electron chi connectivity index (χ4n) is 5.04. The van der Waals surface area contributed by atoms with Crippen LogP contribution in [0.2, 0.25) is 11.1 Å². The summed E-state index contributed by atoms with van der Waals surface area (Å²) in [6.45, 7) is 8.57. The highest BCUT2D eigenvalue weighted by molar-refractivity contribution is 7.04. The molecule has 1 heterocycles. The molecule has 0 aliphatic carbocycles. The van der Waals surface area contributed by atoms with Crippen LogP contribution in [-0.4, -0.2) is 26.9 Å². The summed E-state index contributed by atoms with van der Waals surface area (Å²) in [7, 11) is -2.06. The maximum atomic E-state index is 6.38. The molecule has 3 aromatic carbocycles. The van der Waals surface area contributed by atoms with Gasteiger partial charge in [-0.15, -0.1) is 0 Å². The zero-order chi connectivity index (χ0) is 21.7. The highest BCUT2D eigenvalue weighted by Gasteiger charge is 2.50. The molecule has 0 radical (unpaired) electrons. The quantitative estimate of drug-likeness (QED) is 0.444. The molecule has 0 saturated carbocycles. The monoisotopic (exact) mass is 430 g/mol. The first-order valence-electron chi connectivity index (χ1n) is 11.4. The van der Waals surface area contributed by atoms with Crippen LogP contribution in [0.5, 0.6) is 0 Å². The Kier molecular flexibility index (Phi) is 6.76. The van der Waals surface area contributed by atoms with Gasteiger partial charge < -0.3 is 9.47 Å². The second kappa shape index (κ2) is 9.52. The van der Waals surface area contributed by atoms with Crippen molar-refractivity contribution in [3.8, 4) is 0 Å². The van der Waals surface area contributed by atoms with Crippen molar-refractivity contribution in [1.29, 1.82) is 0 Å². The molecule has 2 nitrogen and oxygen atoms in total. The lowest BCUT2D eigenvalue weighted by Gasteiger charge is -2.49. The Hall–Kier alpha value is -2.20. The van der Waals surface area contributed by atoms with Crippen molar-refractivity contribution in [3.63, 3.8) is 0 Å². The summed E-state index contributed by atoms with van der Waals surface area (Å²) < 4.78 is 12.3. The number of hydrogen-bond acceptors (Lipinski definition) is 2. The first-order valence-corrected chi connectivity index (χ1v) is 13.6. The Balaban J connectivity index is 1.47. The van der Waals surface area contributed by atoms with Gasteiger partial charge in [-0.1, -0.05) is 122 Å². The molecule has 0 bridgehead atoms. The molecule has 3 heteroatoms. The van der Waals surface area contributed by atoms with Gasteiger partial charge in [0.15, 0.2) is 0 Å². The lowest BCUT2D eigenvalue weighted by Crippen LogP contribution is -2.66. The molecule has 4 rings (SSSR count). The minimum atomic E-state index is -2.06. The molecule has 2 atom stereocenters. The first-order chi connectivity index (χ1) is 15.0. The molecule has 31 heavy (non-hydrogen) atoms. The summed E-state index contributed by atoms with van der Waals surface area (Å²) in [5.41, 5.74) is 1.21. The van der Waals surface area contributed by atoms with Crippen LogP contribution in [0.25, 0.3) is 0 Å². The summed E-state index contributed by atoms with van der Waals surface area (Å²) in [6, 6.07) is 33.8. The van der Waals surface area contributed by atoms with E-state index in [4.69, 9.17) is 9.47 Å². The van der Waals surface area contributed by atoms with Crippen molar-refractivity contribution in [1.82, 2.24) is 0 Å². The van der Waals surface area contributed by atoms with E-state index in [0.29, 0.717) is 19.3 Å². The van der Waals surface area contributed by atoms with Crippen LogP contribution in [0.1, 0.15) is 32.8 Å². The van der Waals surface area contributed by atoms with Crippen LogP contribution < -0.4 is 10.4 Å². The maximum absolute atomic E-state index is 6.38. The molecule has 0 N–H and O–H groups in total. The van der Waals surface area contributed by atoms with Crippen LogP contribution in [0.15, 0.2) is 91.0 Å². The number of ether oxygens (including phenoxy) is 2. The van der Waals surface area contributed by atoms with E-state index in [1.807, 2.05) is 6.07 Å². The number of rotatable bonds is 8. The third-order valence-electron chi connectivity index (χ3n) is 6.67. The minimum absolute atomic E-state index is 0.175. The van der Waals surface area contributed by atoms with Gasteiger partial charge in [0.25, 0.3) is 0 Å². The Morgan fingerprint density at radius 3 is 1.74 bits per heavy atom. The summed E-state index contributed by atoms with van der Waals surface area (Å²) in [6.07, 6.45) is 1.60. The topological polar surface area (TPSA) is 18.5 Å². The highest BCUT2D eigenvalue weighted by atomic mass is 28.3. The van der Waals surface area contributed by atoms with Crippen LogP contribution in [0.3, 0.4) is 0 Å². The van der Waals surface area contributed by atoms with Crippen LogP contribution in [0.4, 0.5) is 0 Å². The van der Waals surface area contributed by atoms with E-state index in [-0.39, 0.29) is 11.1 Å². The van der Waals surface area contributed by atoms with Crippen LogP contribution in [-0.2, 0) is 16.1 Å². The van der Waals surface area contributed by atoms with Gasteiger partial charge in [0.05, 0.1) is 25.4 Å². The van der Waals surface area contributed by atoms with E-state index in [2.05, 4.69) is 106 Å². The Bertz CT molecular complexity index is 890. The molecule has 1 fully saturated rings. The molecule has 0 amide bonds. The van der Waals surface area contributed by atoms with Crippen molar-refractivity contribution in [2.45, 2.75) is 57.1 Å². The van der Waals surface area contributed by atoms with E-state index < -0.39 is 8.07 Å². The summed E-state index contributed by atoms with van der Waals surface area (Å²) in [5.74, 6) is 0. The van der Waals surface area contributed by atoms with Crippen molar-refractivity contribution < 1.29 is 9.47 Å². The third-order valence-corrected chi connectivity index (χ3v) is 12.9. The molecule has 1 aliphatic heterocycles. The fourth-order valence-corrected chi connectivity index (χ4v) is 10.7. The highest BCUT2D eigenvalue weighted by Crippen LogP contribution is 2.42. The van der Waals surface area contributed by atoms with Crippen molar-refractivity contribution >= 4 is 18.4 Å². The van der Waals surface area contributed by atoms with Crippen LogP contribution in [0, 0.1) is 0 Å².